The van der Waals surface area contributed by atoms with Crippen LogP contribution in [0, 0.1) is 17.2 Å². The third-order valence-corrected chi connectivity index (χ3v) is 4.21. The minimum atomic E-state index is -4.30. The molecular weight excluding hydrogens is 306 g/mol. The Kier molecular flexibility index (Phi) is 5.59. The zero-order chi connectivity index (χ0) is 16.9. The number of alkyl halides is 3. The topological polar surface area (TPSA) is 23.8 Å². The largest absolute Gasteiger partial charge is 0.416 e. The molecule has 0 heterocycles. The second-order valence-corrected chi connectivity index (χ2v) is 5.74. The van der Waals surface area contributed by atoms with Crippen molar-refractivity contribution in [3.05, 3.63) is 59.4 Å². The number of halogens is 4. The van der Waals surface area contributed by atoms with Crippen LogP contribution in [-0.4, -0.2) is 0 Å². The number of hydrogen-bond acceptors (Lipinski definition) is 1. The molecule has 1 aromatic rings. The highest BCUT2D eigenvalue weighted by Crippen LogP contribution is 2.37. The van der Waals surface area contributed by atoms with E-state index in [1.54, 1.807) is 18.2 Å². The van der Waals surface area contributed by atoms with Gasteiger partial charge >= 0.3 is 6.18 Å². The number of hydrogen-bond donors (Lipinski definition) is 0. The van der Waals surface area contributed by atoms with E-state index in [0.717, 1.165) is 49.5 Å². The fourth-order valence-corrected chi connectivity index (χ4v) is 2.92. The Balaban J connectivity index is 1.91. The summed E-state index contributed by atoms with van der Waals surface area (Å²) in [5, 5.41) is 8.30. The van der Waals surface area contributed by atoms with Gasteiger partial charge in [0.05, 0.1) is 5.56 Å². The van der Waals surface area contributed by atoms with Crippen LogP contribution in [0.1, 0.15) is 42.7 Å². The summed E-state index contributed by atoms with van der Waals surface area (Å²) in [4.78, 5) is 0. The highest BCUT2D eigenvalue weighted by atomic mass is 19.4. The van der Waals surface area contributed by atoms with Crippen molar-refractivity contribution < 1.29 is 17.6 Å². The zero-order valence-corrected chi connectivity index (χ0v) is 12.5. The van der Waals surface area contributed by atoms with Gasteiger partial charge in [0.2, 0.25) is 0 Å². The summed E-state index contributed by atoms with van der Waals surface area (Å²) in [7, 11) is 0. The van der Waals surface area contributed by atoms with Crippen molar-refractivity contribution in [2.45, 2.75) is 37.8 Å². The lowest BCUT2D eigenvalue weighted by atomic mass is 9.78. The van der Waals surface area contributed by atoms with Gasteiger partial charge in [-0.05, 0) is 61.3 Å². The van der Waals surface area contributed by atoms with Crippen LogP contribution in [0.4, 0.5) is 17.6 Å². The van der Waals surface area contributed by atoms with Gasteiger partial charge in [-0.15, -0.1) is 0 Å². The molecule has 0 saturated heterocycles. The summed E-state index contributed by atoms with van der Waals surface area (Å²) < 4.78 is 50.3. The molecule has 23 heavy (non-hydrogen) atoms. The van der Waals surface area contributed by atoms with Gasteiger partial charge in [-0.2, -0.15) is 22.8 Å². The Morgan fingerprint density at radius 3 is 2.22 bits per heavy atom. The number of rotatable bonds is 3. The van der Waals surface area contributed by atoms with Crippen molar-refractivity contribution in [3.8, 4) is 6.07 Å². The molecule has 0 radical (unpaired) electrons. The van der Waals surface area contributed by atoms with E-state index >= 15 is 0 Å². The van der Waals surface area contributed by atoms with Crippen LogP contribution >= 0.6 is 0 Å². The number of nitriles is 1. The summed E-state index contributed by atoms with van der Waals surface area (Å²) in [5.74, 6) is -0.226. The minimum absolute atomic E-state index is 0.272. The molecule has 1 aromatic carbocycles. The number of allylic oxidation sites excluding steroid dienone is 4. The first-order valence-corrected chi connectivity index (χ1v) is 7.51. The maximum absolute atomic E-state index is 12.7. The van der Waals surface area contributed by atoms with E-state index in [1.165, 1.54) is 6.07 Å². The summed E-state index contributed by atoms with van der Waals surface area (Å²) >= 11 is 0. The molecule has 122 valence electrons. The molecule has 0 aromatic heterocycles. The van der Waals surface area contributed by atoms with Crippen LogP contribution in [0.5, 0.6) is 0 Å². The summed E-state index contributed by atoms with van der Waals surface area (Å²) in [6.07, 6.45) is 3.89. The average Bonchev–Trinajstić information content (AvgIpc) is 2.54. The normalized spacial score (nSPS) is 23.0. The summed E-state index contributed by atoms with van der Waals surface area (Å²) in [6.45, 7) is 0. The van der Waals surface area contributed by atoms with E-state index < -0.39 is 17.6 Å². The molecule has 0 atom stereocenters. The van der Waals surface area contributed by atoms with E-state index in [2.05, 4.69) is 0 Å². The molecule has 0 amide bonds. The molecule has 0 aliphatic heterocycles. The van der Waals surface area contributed by atoms with Gasteiger partial charge in [-0.3, -0.25) is 0 Å². The van der Waals surface area contributed by atoms with Crippen molar-refractivity contribution in [2.24, 2.45) is 5.92 Å². The van der Waals surface area contributed by atoms with Gasteiger partial charge in [0.25, 0.3) is 0 Å². The molecule has 0 N–H and O–H groups in total. The van der Waals surface area contributed by atoms with Gasteiger partial charge in [0.15, 0.2) is 5.83 Å². The third-order valence-electron chi connectivity index (χ3n) is 4.21. The lowest BCUT2D eigenvalue weighted by Crippen LogP contribution is -2.12. The van der Waals surface area contributed by atoms with E-state index in [1.807, 2.05) is 6.08 Å². The van der Waals surface area contributed by atoms with Crippen LogP contribution in [0.25, 0.3) is 0 Å². The molecule has 1 fully saturated rings. The van der Waals surface area contributed by atoms with Crippen LogP contribution in [0.15, 0.2) is 48.3 Å². The standard InChI is InChI=1S/C18H17F4N/c19-17(12-23)3-1-2-13-4-6-14(7-5-13)15-8-10-16(11-9-15)18(20,21)22/h1-3,8-11,13-14H,4-7H2/b2-1+,17-3-/t13-,14-. The lowest BCUT2D eigenvalue weighted by molar-refractivity contribution is -0.137. The average molecular weight is 323 g/mol. The second kappa shape index (κ2) is 7.45. The molecule has 1 nitrogen and oxygen atoms in total. The number of nitrogens with zero attached hydrogens (tertiary/aromatic N) is 1. The molecule has 0 unspecified atom stereocenters. The lowest BCUT2D eigenvalue weighted by Gasteiger charge is -2.27. The first-order chi connectivity index (χ1) is 10.9. The predicted octanol–water partition coefficient (Wildman–Crippen LogP) is 5.91. The monoisotopic (exact) mass is 323 g/mol. The summed E-state index contributed by atoms with van der Waals surface area (Å²) in [5.41, 5.74) is 0.319. The van der Waals surface area contributed by atoms with E-state index in [0.29, 0.717) is 5.92 Å². The third kappa shape index (κ3) is 4.95. The molecule has 2 rings (SSSR count). The van der Waals surface area contributed by atoms with Crippen LogP contribution in [0.3, 0.4) is 0 Å². The van der Waals surface area contributed by atoms with Gasteiger partial charge in [0, 0.05) is 0 Å². The van der Waals surface area contributed by atoms with Gasteiger partial charge < -0.3 is 0 Å². The first kappa shape index (κ1) is 17.3. The summed E-state index contributed by atoms with van der Waals surface area (Å²) in [6, 6.07) is 6.81. The highest BCUT2D eigenvalue weighted by molar-refractivity contribution is 5.27. The molecule has 0 bridgehead atoms. The van der Waals surface area contributed by atoms with Crippen LogP contribution < -0.4 is 0 Å². The quantitative estimate of drug-likeness (QED) is 0.385. The van der Waals surface area contributed by atoms with Gasteiger partial charge in [-0.1, -0.05) is 24.3 Å². The minimum Gasteiger partial charge on any atom is -0.195 e. The van der Waals surface area contributed by atoms with Crippen molar-refractivity contribution in [2.75, 3.05) is 0 Å². The van der Waals surface area contributed by atoms with Crippen molar-refractivity contribution in [1.29, 1.82) is 5.26 Å². The zero-order valence-electron chi connectivity index (χ0n) is 12.5. The fraction of sp³-hybridized carbons (Fsp3) is 0.389. The smallest absolute Gasteiger partial charge is 0.195 e. The maximum Gasteiger partial charge on any atom is 0.416 e. The molecule has 1 saturated carbocycles. The Hall–Kier alpha value is -2.09. The molecule has 0 spiro atoms. The second-order valence-electron chi connectivity index (χ2n) is 5.74. The number of benzene rings is 1. The highest BCUT2D eigenvalue weighted by Gasteiger charge is 2.30. The van der Waals surface area contributed by atoms with Crippen LogP contribution in [-0.2, 0) is 6.18 Å². The van der Waals surface area contributed by atoms with Crippen LogP contribution in [0.2, 0.25) is 0 Å². The van der Waals surface area contributed by atoms with Gasteiger partial charge in [-0.25, -0.2) is 0 Å². The Morgan fingerprint density at radius 2 is 1.70 bits per heavy atom. The predicted molar refractivity (Wildman–Crippen MR) is 80.1 cm³/mol. The molecule has 5 heteroatoms. The molecule has 1 aliphatic carbocycles. The fourth-order valence-electron chi connectivity index (χ4n) is 2.92. The van der Waals surface area contributed by atoms with E-state index in [-0.39, 0.29) is 5.92 Å². The Bertz CT molecular complexity index is 612. The van der Waals surface area contributed by atoms with Crippen molar-refractivity contribution >= 4 is 0 Å². The Morgan fingerprint density at radius 1 is 1.09 bits per heavy atom. The van der Waals surface area contributed by atoms with E-state index in [4.69, 9.17) is 5.26 Å². The molecule has 1 aliphatic rings. The SMILES string of the molecule is N#C/C(F)=C/C=C/[C@H]1CC[C@H](c2ccc(C(F)(F)F)cc2)CC1. The Labute approximate surface area is 132 Å². The van der Waals surface area contributed by atoms with Crippen molar-refractivity contribution in [3.63, 3.8) is 0 Å². The van der Waals surface area contributed by atoms with Crippen molar-refractivity contribution in [1.82, 2.24) is 0 Å². The maximum atomic E-state index is 12.7. The molecular formula is C18H17F4N. The first-order valence-electron chi connectivity index (χ1n) is 7.51. The van der Waals surface area contributed by atoms with E-state index in [9.17, 15) is 17.6 Å². The van der Waals surface area contributed by atoms with Gasteiger partial charge in [0.1, 0.15) is 6.07 Å².